The van der Waals surface area contributed by atoms with Crippen LogP contribution in [0.25, 0.3) is 0 Å². The SMILES string of the molecule is COC(=O)c1ccc(NCCBr)c(OCC2CC2)c1. The molecule has 2 rings (SSSR count). The molecule has 0 unspecified atom stereocenters. The van der Waals surface area contributed by atoms with Crippen LogP contribution >= 0.6 is 15.9 Å². The minimum absolute atomic E-state index is 0.344. The van der Waals surface area contributed by atoms with E-state index < -0.39 is 0 Å². The van der Waals surface area contributed by atoms with Crippen LogP contribution < -0.4 is 10.1 Å². The van der Waals surface area contributed by atoms with Crippen LogP contribution in [0.1, 0.15) is 23.2 Å². The molecule has 4 nitrogen and oxygen atoms in total. The summed E-state index contributed by atoms with van der Waals surface area (Å²) in [7, 11) is 1.38. The predicted molar refractivity (Wildman–Crippen MR) is 78.3 cm³/mol. The maximum atomic E-state index is 11.5. The van der Waals surface area contributed by atoms with Crippen molar-refractivity contribution in [1.82, 2.24) is 0 Å². The number of nitrogens with one attached hydrogen (secondary N) is 1. The number of carbonyl (C=O) groups excluding carboxylic acids is 1. The molecule has 1 aromatic rings. The summed E-state index contributed by atoms with van der Waals surface area (Å²) >= 11 is 3.38. The summed E-state index contributed by atoms with van der Waals surface area (Å²) in [5, 5.41) is 4.12. The highest BCUT2D eigenvalue weighted by molar-refractivity contribution is 9.09. The molecule has 1 fully saturated rings. The lowest BCUT2D eigenvalue weighted by molar-refractivity contribution is 0.0600. The maximum absolute atomic E-state index is 11.5. The first-order valence-corrected chi connectivity index (χ1v) is 7.51. The third kappa shape index (κ3) is 4.13. The lowest BCUT2D eigenvalue weighted by Crippen LogP contribution is -2.08. The van der Waals surface area contributed by atoms with E-state index >= 15 is 0 Å². The van der Waals surface area contributed by atoms with Gasteiger partial charge in [0.05, 0.1) is 25.0 Å². The van der Waals surface area contributed by atoms with Crippen molar-refractivity contribution in [2.75, 3.05) is 30.9 Å². The van der Waals surface area contributed by atoms with Gasteiger partial charge in [0.25, 0.3) is 0 Å². The molecule has 0 saturated heterocycles. The Morgan fingerprint density at radius 1 is 1.47 bits per heavy atom. The van der Waals surface area contributed by atoms with Crippen LogP contribution in [0, 0.1) is 5.92 Å². The second-order valence-corrected chi connectivity index (χ2v) is 5.37. The molecule has 1 aromatic carbocycles. The van der Waals surface area contributed by atoms with E-state index in [0.29, 0.717) is 18.1 Å². The Balaban J connectivity index is 2.12. The number of esters is 1. The first-order chi connectivity index (χ1) is 9.24. The average Bonchev–Trinajstić information content (AvgIpc) is 3.26. The smallest absolute Gasteiger partial charge is 0.337 e. The molecule has 1 aliphatic carbocycles. The Hall–Kier alpha value is -1.23. The van der Waals surface area contributed by atoms with E-state index in [4.69, 9.17) is 9.47 Å². The molecular formula is C14H18BrNO3. The van der Waals surface area contributed by atoms with Gasteiger partial charge in [-0.15, -0.1) is 0 Å². The molecule has 0 aliphatic heterocycles. The highest BCUT2D eigenvalue weighted by atomic mass is 79.9. The first-order valence-electron chi connectivity index (χ1n) is 6.39. The molecule has 19 heavy (non-hydrogen) atoms. The summed E-state index contributed by atoms with van der Waals surface area (Å²) in [4.78, 5) is 11.5. The zero-order chi connectivity index (χ0) is 13.7. The summed E-state index contributed by atoms with van der Waals surface area (Å²) in [6, 6.07) is 5.34. The van der Waals surface area contributed by atoms with Crippen LogP contribution in [0.15, 0.2) is 18.2 Å². The molecule has 0 radical (unpaired) electrons. The van der Waals surface area contributed by atoms with Gasteiger partial charge in [0.2, 0.25) is 0 Å². The van der Waals surface area contributed by atoms with Gasteiger partial charge in [-0.05, 0) is 37.0 Å². The number of hydrogen-bond acceptors (Lipinski definition) is 4. The summed E-state index contributed by atoms with van der Waals surface area (Å²) in [5.74, 6) is 1.05. The van der Waals surface area contributed by atoms with Crippen molar-refractivity contribution < 1.29 is 14.3 Å². The number of methoxy groups -OCH3 is 1. The number of ether oxygens (including phenoxy) is 2. The molecular weight excluding hydrogens is 310 g/mol. The van der Waals surface area contributed by atoms with E-state index in [2.05, 4.69) is 21.2 Å². The summed E-state index contributed by atoms with van der Waals surface area (Å²) in [6.07, 6.45) is 2.47. The minimum Gasteiger partial charge on any atom is -0.491 e. The molecule has 0 spiro atoms. The van der Waals surface area contributed by atoms with Crippen LogP contribution in [0.4, 0.5) is 5.69 Å². The molecule has 0 amide bonds. The van der Waals surface area contributed by atoms with Crippen LogP contribution in [-0.4, -0.2) is 31.6 Å². The topological polar surface area (TPSA) is 47.6 Å². The van der Waals surface area contributed by atoms with E-state index in [1.165, 1.54) is 20.0 Å². The normalized spacial score (nSPS) is 14.0. The standard InChI is InChI=1S/C14H18BrNO3/c1-18-14(17)11-4-5-12(16-7-6-15)13(8-11)19-9-10-2-3-10/h4-5,8,10,16H,2-3,6-7,9H2,1H3. The van der Waals surface area contributed by atoms with E-state index in [1.54, 1.807) is 12.1 Å². The summed E-state index contributed by atoms with van der Waals surface area (Å²) in [5.41, 5.74) is 1.42. The number of benzene rings is 1. The van der Waals surface area contributed by atoms with E-state index in [1.807, 2.05) is 6.07 Å². The fourth-order valence-corrected chi connectivity index (χ4v) is 1.90. The Labute approximate surface area is 121 Å². The summed E-state index contributed by atoms with van der Waals surface area (Å²) < 4.78 is 10.5. The highest BCUT2D eigenvalue weighted by Gasteiger charge is 2.22. The van der Waals surface area contributed by atoms with Crippen molar-refractivity contribution >= 4 is 27.6 Å². The highest BCUT2D eigenvalue weighted by Crippen LogP contribution is 2.32. The number of hydrogen-bond donors (Lipinski definition) is 1. The van der Waals surface area contributed by atoms with Crippen molar-refractivity contribution in [1.29, 1.82) is 0 Å². The molecule has 1 saturated carbocycles. The molecule has 0 bridgehead atoms. The minimum atomic E-state index is -0.344. The van der Waals surface area contributed by atoms with Crippen LogP contribution in [0.5, 0.6) is 5.75 Å². The van der Waals surface area contributed by atoms with Crippen molar-refractivity contribution in [3.05, 3.63) is 23.8 Å². The lowest BCUT2D eigenvalue weighted by atomic mass is 10.2. The number of halogens is 1. The monoisotopic (exact) mass is 327 g/mol. The molecule has 0 heterocycles. The zero-order valence-electron chi connectivity index (χ0n) is 10.9. The van der Waals surface area contributed by atoms with Gasteiger partial charge in [-0.2, -0.15) is 0 Å². The second-order valence-electron chi connectivity index (χ2n) is 4.57. The molecule has 0 atom stereocenters. The van der Waals surface area contributed by atoms with Crippen molar-refractivity contribution in [3.63, 3.8) is 0 Å². The van der Waals surface area contributed by atoms with E-state index in [9.17, 15) is 4.79 Å². The second kappa shape index (κ2) is 6.80. The maximum Gasteiger partial charge on any atom is 0.337 e. The zero-order valence-corrected chi connectivity index (χ0v) is 12.5. The third-order valence-corrected chi connectivity index (χ3v) is 3.38. The van der Waals surface area contributed by atoms with Gasteiger partial charge in [-0.25, -0.2) is 4.79 Å². The number of carbonyl (C=O) groups is 1. The lowest BCUT2D eigenvalue weighted by Gasteiger charge is -2.13. The van der Waals surface area contributed by atoms with Gasteiger partial charge in [-0.3, -0.25) is 0 Å². The number of anilines is 1. The van der Waals surface area contributed by atoms with Gasteiger partial charge in [0.15, 0.2) is 0 Å². The first kappa shape index (κ1) is 14.2. The molecule has 1 N–H and O–H groups in total. The fourth-order valence-electron chi connectivity index (χ4n) is 1.71. The van der Waals surface area contributed by atoms with Crippen molar-refractivity contribution in [2.45, 2.75) is 12.8 Å². The van der Waals surface area contributed by atoms with E-state index in [-0.39, 0.29) is 5.97 Å². The molecule has 1 aliphatic rings. The number of alkyl halides is 1. The summed E-state index contributed by atoms with van der Waals surface area (Å²) in [6.45, 7) is 1.52. The van der Waals surface area contributed by atoms with Gasteiger partial charge in [0, 0.05) is 11.9 Å². The van der Waals surface area contributed by atoms with Crippen molar-refractivity contribution in [2.24, 2.45) is 5.92 Å². The van der Waals surface area contributed by atoms with Gasteiger partial charge in [0.1, 0.15) is 5.75 Å². The predicted octanol–water partition coefficient (Wildman–Crippen LogP) is 3.07. The van der Waals surface area contributed by atoms with Crippen LogP contribution in [0.2, 0.25) is 0 Å². The average molecular weight is 328 g/mol. The van der Waals surface area contributed by atoms with Crippen LogP contribution in [-0.2, 0) is 4.74 Å². The van der Waals surface area contributed by atoms with Crippen molar-refractivity contribution in [3.8, 4) is 5.75 Å². The largest absolute Gasteiger partial charge is 0.491 e. The molecule has 0 aromatic heterocycles. The van der Waals surface area contributed by atoms with Crippen LogP contribution in [0.3, 0.4) is 0 Å². The Kier molecular flexibility index (Phi) is 5.07. The van der Waals surface area contributed by atoms with Gasteiger partial charge in [-0.1, -0.05) is 15.9 Å². The number of rotatable bonds is 7. The molecule has 104 valence electrons. The quantitative estimate of drug-likeness (QED) is 0.617. The van der Waals surface area contributed by atoms with Gasteiger partial charge >= 0.3 is 5.97 Å². The Bertz CT molecular complexity index is 446. The van der Waals surface area contributed by atoms with E-state index in [0.717, 1.165) is 23.3 Å². The Morgan fingerprint density at radius 2 is 2.26 bits per heavy atom. The fraction of sp³-hybridized carbons (Fsp3) is 0.500. The molecule has 5 heteroatoms. The van der Waals surface area contributed by atoms with Gasteiger partial charge < -0.3 is 14.8 Å². The Morgan fingerprint density at radius 3 is 2.89 bits per heavy atom. The third-order valence-electron chi connectivity index (χ3n) is 2.98.